The van der Waals surface area contributed by atoms with Crippen molar-refractivity contribution in [2.45, 2.75) is 6.92 Å². The lowest BCUT2D eigenvalue weighted by molar-refractivity contribution is -0.125. The van der Waals surface area contributed by atoms with E-state index >= 15 is 0 Å². The van der Waals surface area contributed by atoms with Crippen molar-refractivity contribution in [1.82, 2.24) is 5.32 Å². The van der Waals surface area contributed by atoms with E-state index in [-0.39, 0.29) is 19.1 Å². The Bertz CT molecular complexity index is 731. The van der Waals surface area contributed by atoms with Gasteiger partial charge < -0.3 is 24.8 Å². The van der Waals surface area contributed by atoms with Crippen molar-refractivity contribution in [3.05, 3.63) is 48.5 Å². The summed E-state index contributed by atoms with van der Waals surface area (Å²) in [6.45, 7) is 2.11. The zero-order chi connectivity index (χ0) is 18.8. The summed E-state index contributed by atoms with van der Waals surface area (Å²) >= 11 is 0. The van der Waals surface area contributed by atoms with E-state index in [4.69, 9.17) is 14.2 Å². The Labute approximate surface area is 152 Å². The highest BCUT2D eigenvalue weighted by atomic mass is 16.5. The minimum atomic E-state index is -0.405. The van der Waals surface area contributed by atoms with Crippen LogP contribution in [0.1, 0.15) is 6.92 Å². The summed E-state index contributed by atoms with van der Waals surface area (Å²) in [5.74, 6) is 0.988. The van der Waals surface area contributed by atoms with Crippen LogP contribution in [0.25, 0.3) is 0 Å². The van der Waals surface area contributed by atoms with Gasteiger partial charge in [-0.05, 0) is 43.3 Å². The molecular formula is C19H22N2O5. The third-order valence-electron chi connectivity index (χ3n) is 3.32. The van der Waals surface area contributed by atoms with E-state index in [2.05, 4.69) is 10.6 Å². The molecule has 138 valence electrons. The van der Waals surface area contributed by atoms with Crippen LogP contribution in [0.4, 0.5) is 5.69 Å². The van der Waals surface area contributed by atoms with Crippen LogP contribution in [-0.2, 0) is 9.59 Å². The maximum absolute atomic E-state index is 11.9. The lowest BCUT2D eigenvalue weighted by atomic mass is 10.3. The third-order valence-corrected chi connectivity index (χ3v) is 3.32. The van der Waals surface area contributed by atoms with Crippen molar-refractivity contribution in [3.8, 4) is 17.2 Å². The molecule has 0 radical (unpaired) electrons. The van der Waals surface area contributed by atoms with E-state index in [9.17, 15) is 9.59 Å². The number of anilines is 1. The normalized spacial score (nSPS) is 9.92. The van der Waals surface area contributed by atoms with Gasteiger partial charge in [0.2, 0.25) is 5.91 Å². The van der Waals surface area contributed by atoms with E-state index in [0.717, 1.165) is 5.75 Å². The molecule has 26 heavy (non-hydrogen) atoms. The minimum absolute atomic E-state index is 0.151. The Hall–Kier alpha value is -3.22. The van der Waals surface area contributed by atoms with Crippen molar-refractivity contribution >= 4 is 17.5 Å². The Morgan fingerprint density at radius 1 is 0.923 bits per heavy atom. The molecular weight excluding hydrogens is 336 g/mol. The number of carbonyl (C=O) groups excluding carboxylic acids is 2. The fourth-order valence-corrected chi connectivity index (χ4v) is 2.12. The predicted octanol–water partition coefficient (Wildman–Crippen LogP) is 2.23. The van der Waals surface area contributed by atoms with E-state index in [1.165, 1.54) is 7.11 Å². The molecule has 0 aliphatic carbocycles. The van der Waals surface area contributed by atoms with Gasteiger partial charge >= 0.3 is 0 Å². The van der Waals surface area contributed by atoms with Gasteiger partial charge in [0.05, 0.1) is 20.3 Å². The molecule has 2 aromatic rings. The number of benzene rings is 2. The Kier molecular flexibility index (Phi) is 7.30. The Balaban J connectivity index is 1.73. The molecule has 7 heteroatoms. The summed E-state index contributed by atoms with van der Waals surface area (Å²) < 4.78 is 15.9. The number of amides is 2. The van der Waals surface area contributed by atoms with Gasteiger partial charge in [0.25, 0.3) is 5.91 Å². The zero-order valence-electron chi connectivity index (χ0n) is 14.8. The average Bonchev–Trinajstić information content (AvgIpc) is 2.66. The summed E-state index contributed by atoms with van der Waals surface area (Å²) in [7, 11) is 1.52. The van der Waals surface area contributed by atoms with Crippen LogP contribution in [0.15, 0.2) is 48.5 Å². The van der Waals surface area contributed by atoms with Gasteiger partial charge in [-0.1, -0.05) is 12.1 Å². The summed E-state index contributed by atoms with van der Waals surface area (Å²) in [6.07, 6.45) is 0. The molecule has 2 aromatic carbocycles. The lowest BCUT2D eigenvalue weighted by Gasteiger charge is -2.11. The van der Waals surface area contributed by atoms with Crippen LogP contribution >= 0.6 is 0 Å². The van der Waals surface area contributed by atoms with Gasteiger partial charge in [-0.2, -0.15) is 0 Å². The van der Waals surface area contributed by atoms with Gasteiger partial charge in [-0.15, -0.1) is 0 Å². The van der Waals surface area contributed by atoms with Gasteiger partial charge in [-0.3, -0.25) is 9.59 Å². The number of para-hydroxylation sites is 2. The lowest BCUT2D eigenvalue weighted by Crippen LogP contribution is -2.35. The molecule has 2 rings (SSSR count). The summed E-state index contributed by atoms with van der Waals surface area (Å²) in [4.78, 5) is 23.7. The van der Waals surface area contributed by atoms with E-state index in [1.807, 2.05) is 6.92 Å². The first-order valence-electron chi connectivity index (χ1n) is 8.17. The van der Waals surface area contributed by atoms with E-state index in [1.54, 1.807) is 48.5 Å². The van der Waals surface area contributed by atoms with Crippen LogP contribution in [-0.4, -0.2) is 38.7 Å². The number of methoxy groups -OCH3 is 1. The highest BCUT2D eigenvalue weighted by molar-refractivity contribution is 5.94. The van der Waals surface area contributed by atoms with Crippen molar-refractivity contribution in [1.29, 1.82) is 0 Å². The molecule has 2 N–H and O–H groups in total. The number of hydrogen-bond donors (Lipinski definition) is 2. The largest absolute Gasteiger partial charge is 0.494 e. The molecule has 0 heterocycles. The number of rotatable bonds is 9. The van der Waals surface area contributed by atoms with Gasteiger partial charge in [0.1, 0.15) is 5.75 Å². The summed E-state index contributed by atoms with van der Waals surface area (Å²) in [6, 6.07) is 14.0. The molecule has 0 aliphatic heterocycles. The quantitative estimate of drug-likeness (QED) is 0.718. The smallest absolute Gasteiger partial charge is 0.258 e. The molecule has 0 unspecified atom stereocenters. The Morgan fingerprint density at radius 2 is 1.62 bits per heavy atom. The third kappa shape index (κ3) is 6.01. The second-order valence-electron chi connectivity index (χ2n) is 5.22. The van der Waals surface area contributed by atoms with Crippen LogP contribution in [0.5, 0.6) is 17.2 Å². The topological polar surface area (TPSA) is 85.9 Å². The van der Waals surface area contributed by atoms with E-state index in [0.29, 0.717) is 23.8 Å². The number of ether oxygens (including phenoxy) is 3. The van der Waals surface area contributed by atoms with Gasteiger partial charge in [0, 0.05) is 5.69 Å². The molecule has 7 nitrogen and oxygen atoms in total. The van der Waals surface area contributed by atoms with Crippen LogP contribution in [0, 0.1) is 0 Å². The van der Waals surface area contributed by atoms with Crippen LogP contribution < -0.4 is 24.8 Å². The van der Waals surface area contributed by atoms with Crippen molar-refractivity contribution in [2.24, 2.45) is 0 Å². The molecule has 0 fully saturated rings. The monoisotopic (exact) mass is 358 g/mol. The fourth-order valence-electron chi connectivity index (χ4n) is 2.12. The molecule has 2 amide bonds. The molecule has 0 saturated heterocycles. The molecule has 0 spiro atoms. The second-order valence-corrected chi connectivity index (χ2v) is 5.22. The first-order valence-corrected chi connectivity index (χ1v) is 8.17. The maximum Gasteiger partial charge on any atom is 0.258 e. The molecule has 0 bridgehead atoms. The van der Waals surface area contributed by atoms with Crippen molar-refractivity contribution < 1.29 is 23.8 Å². The number of hydrogen-bond acceptors (Lipinski definition) is 5. The first-order chi connectivity index (χ1) is 12.6. The number of nitrogens with one attached hydrogen (secondary N) is 2. The van der Waals surface area contributed by atoms with Gasteiger partial charge in [-0.25, -0.2) is 0 Å². The molecule has 0 aromatic heterocycles. The standard InChI is InChI=1S/C19H22N2O5/c1-3-25-15-10-8-14(9-11-15)21-18(22)12-20-19(23)13-26-17-7-5-4-6-16(17)24-2/h4-11H,3,12-13H2,1-2H3,(H,20,23)(H,21,22). The highest BCUT2D eigenvalue weighted by Gasteiger charge is 2.09. The predicted molar refractivity (Wildman–Crippen MR) is 97.7 cm³/mol. The maximum atomic E-state index is 11.9. The van der Waals surface area contributed by atoms with Crippen LogP contribution in [0.3, 0.4) is 0 Å². The summed E-state index contributed by atoms with van der Waals surface area (Å²) in [5, 5.41) is 5.19. The molecule has 0 aliphatic rings. The second kappa shape index (κ2) is 9.93. The summed E-state index contributed by atoms with van der Waals surface area (Å²) in [5.41, 5.74) is 0.623. The Morgan fingerprint density at radius 3 is 2.27 bits per heavy atom. The van der Waals surface area contributed by atoms with Crippen LogP contribution in [0.2, 0.25) is 0 Å². The zero-order valence-corrected chi connectivity index (χ0v) is 14.8. The van der Waals surface area contributed by atoms with Crippen molar-refractivity contribution in [3.63, 3.8) is 0 Å². The fraction of sp³-hybridized carbons (Fsp3) is 0.263. The number of carbonyl (C=O) groups is 2. The average molecular weight is 358 g/mol. The molecule has 0 atom stereocenters. The minimum Gasteiger partial charge on any atom is -0.494 e. The van der Waals surface area contributed by atoms with E-state index < -0.39 is 5.91 Å². The van der Waals surface area contributed by atoms with Gasteiger partial charge in [0.15, 0.2) is 18.1 Å². The SMILES string of the molecule is CCOc1ccc(NC(=O)CNC(=O)COc2ccccc2OC)cc1. The molecule has 0 saturated carbocycles. The first kappa shape index (κ1) is 19.1. The highest BCUT2D eigenvalue weighted by Crippen LogP contribution is 2.25. The van der Waals surface area contributed by atoms with Crippen molar-refractivity contribution in [2.75, 3.05) is 32.2 Å².